The van der Waals surface area contributed by atoms with Crippen molar-refractivity contribution in [3.63, 3.8) is 0 Å². The van der Waals surface area contributed by atoms with Gasteiger partial charge < -0.3 is 10.6 Å². The van der Waals surface area contributed by atoms with Crippen molar-refractivity contribution in [1.29, 1.82) is 0 Å². The lowest BCUT2D eigenvalue weighted by Gasteiger charge is -2.08. The average molecular weight is 291 g/mol. The van der Waals surface area contributed by atoms with E-state index in [1.807, 2.05) is 26.0 Å². The molecule has 0 aliphatic carbocycles. The van der Waals surface area contributed by atoms with E-state index in [4.69, 9.17) is 11.6 Å². The van der Waals surface area contributed by atoms with Crippen LogP contribution < -0.4 is 10.6 Å². The van der Waals surface area contributed by atoms with E-state index in [0.717, 1.165) is 5.69 Å². The van der Waals surface area contributed by atoms with E-state index in [1.54, 1.807) is 24.3 Å². The topological polar surface area (TPSA) is 66.9 Å². The molecule has 0 radical (unpaired) electrons. The standard InChI is InChI=1S/C14H15ClN4O/c1-9(2)16-14(20)12-7-8-13(19-18-12)17-11-5-3-10(15)4-6-11/h3-9H,1-2H3,(H,16,20)(H,17,19). The van der Waals surface area contributed by atoms with Crippen molar-refractivity contribution < 1.29 is 4.79 Å². The zero-order valence-electron chi connectivity index (χ0n) is 11.2. The molecule has 1 aromatic heterocycles. The third-order valence-electron chi connectivity index (χ3n) is 2.43. The highest BCUT2D eigenvalue weighted by Crippen LogP contribution is 2.17. The second-order valence-corrected chi connectivity index (χ2v) is 5.00. The summed E-state index contributed by atoms with van der Waals surface area (Å²) >= 11 is 5.81. The SMILES string of the molecule is CC(C)NC(=O)c1ccc(Nc2ccc(Cl)cc2)nn1. The number of halogens is 1. The molecule has 0 aliphatic heterocycles. The first-order valence-corrected chi connectivity index (χ1v) is 6.59. The van der Waals surface area contributed by atoms with Crippen molar-refractivity contribution in [2.24, 2.45) is 0 Å². The zero-order valence-corrected chi connectivity index (χ0v) is 12.0. The van der Waals surface area contributed by atoms with Gasteiger partial charge in [-0.15, -0.1) is 10.2 Å². The van der Waals surface area contributed by atoms with Gasteiger partial charge in [0, 0.05) is 16.8 Å². The van der Waals surface area contributed by atoms with Gasteiger partial charge in [0.15, 0.2) is 11.5 Å². The molecule has 0 spiro atoms. The Labute approximate surface area is 122 Å². The number of nitrogens with zero attached hydrogens (tertiary/aromatic N) is 2. The van der Waals surface area contributed by atoms with E-state index in [1.165, 1.54) is 0 Å². The number of rotatable bonds is 4. The van der Waals surface area contributed by atoms with Crippen molar-refractivity contribution in [3.8, 4) is 0 Å². The smallest absolute Gasteiger partial charge is 0.271 e. The summed E-state index contributed by atoms with van der Waals surface area (Å²) in [5.41, 5.74) is 1.14. The van der Waals surface area contributed by atoms with E-state index in [2.05, 4.69) is 20.8 Å². The van der Waals surface area contributed by atoms with Crippen LogP contribution in [-0.2, 0) is 0 Å². The number of carbonyl (C=O) groups is 1. The van der Waals surface area contributed by atoms with E-state index >= 15 is 0 Å². The van der Waals surface area contributed by atoms with Gasteiger partial charge in [-0.05, 0) is 50.2 Å². The summed E-state index contributed by atoms with van der Waals surface area (Å²) in [5.74, 6) is 0.332. The Morgan fingerprint density at radius 3 is 2.35 bits per heavy atom. The third-order valence-corrected chi connectivity index (χ3v) is 2.69. The van der Waals surface area contributed by atoms with Crippen LogP contribution in [0.5, 0.6) is 0 Å². The molecular formula is C14H15ClN4O. The van der Waals surface area contributed by atoms with Crippen LogP contribution in [0.1, 0.15) is 24.3 Å². The number of nitrogens with one attached hydrogen (secondary N) is 2. The summed E-state index contributed by atoms with van der Waals surface area (Å²) < 4.78 is 0. The predicted molar refractivity (Wildman–Crippen MR) is 79.4 cm³/mol. The van der Waals surface area contributed by atoms with Crippen LogP contribution in [0.2, 0.25) is 5.02 Å². The van der Waals surface area contributed by atoms with Crippen molar-refractivity contribution in [3.05, 3.63) is 47.1 Å². The Hall–Kier alpha value is -2.14. The molecule has 1 heterocycles. The quantitative estimate of drug-likeness (QED) is 0.908. The van der Waals surface area contributed by atoms with E-state index in [-0.39, 0.29) is 11.9 Å². The van der Waals surface area contributed by atoms with Crippen molar-refractivity contribution in [2.45, 2.75) is 19.9 Å². The number of amides is 1. The molecule has 0 fully saturated rings. The first-order chi connectivity index (χ1) is 9.54. The fourth-order valence-corrected chi connectivity index (χ4v) is 1.66. The fraction of sp³-hybridized carbons (Fsp3) is 0.214. The molecule has 5 nitrogen and oxygen atoms in total. The first kappa shape index (κ1) is 14.3. The molecule has 1 aromatic carbocycles. The molecule has 1 amide bonds. The molecule has 0 bridgehead atoms. The average Bonchev–Trinajstić information content (AvgIpc) is 2.41. The second kappa shape index (κ2) is 6.34. The van der Waals surface area contributed by atoms with Crippen LogP contribution in [0.3, 0.4) is 0 Å². The molecule has 104 valence electrons. The van der Waals surface area contributed by atoms with Gasteiger partial charge in [-0.1, -0.05) is 11.6 Å². The summed E-state index contributed by atoms with van der Waals surface area (Å²) in [4.78, 5) is 11.7. The van der Waals surface area contributed by atoms with Crippen LogP contribution in [0, 0.1) is 0 Å². The van der Waals surface area contributed by atoms with Crippen LogP contribution in [0.4, 0.5) is 11.5 Å². The van der Waals surface area contributed by atoms with E-state index < -0.39 is 0 Å². The molecule has 2 N–H and O–H groups in total. The minimum atomic E-state index is -0.231. The van der Waals surface area contributed by atoms with Crippen molar-refractivity contribution in [2.75, 3.05) is 5.32 Å². The van der Waals surface area contributed by atoms with E-state index in [0.29, 0.717) is 16.5 Å². The maximum absolute atomic E-state index is 11.7. The second-order valence-electron chi connectivity index (χ2n) is 4.56. The summed E-state index contributed by atoms with van der Waals surface area (Å²) in [6.07, 6.45) is 0. The van der Waals surface area contributed by atoms with Gasteiger partial charge in [-0.2, -0.15) is 0 Å². The summed E-state index contributed by atoms with van der Waals surface area (Å²) in [6.45, 7) is 3.78. The Balaban J connectivity index is 2.04. The van der Waals surface area contributed by atoms with Crippen LogP contribution >= 0.6 is 11.6 Å². The fourth-order valence-electron chi connectivity index (χ4n) is 1.54. The predicted octanol–water partition coefficient (Wildman–Crippen LogP) is 3.01. The summed E-state index contributed by atoms with van der Waals surface area (Å²) in [6, 6.07) is 10.6. The Kier molecular flexibility index (Phi) is 4.53. The first-order valence-electron chi connectivity index (χ1n) is 6.22. The third kappa shape index (κ3) is 3.93. The highest BCUT2D eigenvalue weighted by Gasteiger charge is 2.09. The summed E-state index contributed by atoms with van der Waals surface area (Å²) in [7, 11) is 0. The lowest BCUT2D eigenvalue weighted by molar-refractivity contribution is 0.0937. The largest absolute Gasteiger partial charge is 0.348 e. The number of hydrogen-bond acceptors (Lipinski definition) is 4. The lowest BCUT2D eigenvalue weighted by Crippen LogP contribution is -2.30. The van der Waals surface area contributed by atoms with Gasteiger partial charge in [0.25, 0.3) is 5.91 Å². The van der Waals surface area contributed by atoms with Gasteiger partial charge in [-0.3, -0.25) is 4.79 Å². The normalized spacial score (nSPS) is 10.4. The number of carbonyl (C=O) groups excluding carboxylic acids is 1. The number of anilines is 2. The zero-order chi connectivity index (χ0) is 14.5. The van der Waals surface area contributed by atoms with Gasteiger partial charge >= 0.3 is 0 Å². The molecular weight excluding hydrogens is 276 g/mol. The van der Waals surface area contributed by atoms with Crippen LogP contribution in [-0.4, -0.2) is 22.1 Å². The summed E-state index contributed by atoms with van der Waals surface area (Å²) in [5, 5.41) is 14.4. The molecule has 0 aliphatic rings. The number of hydrogen-bond donors (Lipinski definition) is 2. The molecule has 0 saturated carbocycles. The molecule has 2 rings (SSSR count). The van der Waals surface area contributed by atoms with Crippen LogP contribution in [0.15, 0.2) is 36.4 Å². The molecule has 2 aromatic rings. The van der Waals surface area contributed by atoms with Crippen molar-refractivity contribution >= 4 is 29.0 Å². The highest BCUT2D eigenvalue weighted by atomic mass is 35.5. The molecule has 20 heavy (non-hydrogen) atoms. The van der Waals surface area contributed by atoms with E-state index in [9.17, 15) is 4.79 Å². The van der Waals surface area contributed by atoms with Gasteiger partial charge in [-0.25, -0.2) is 0 Å². The molecule has 0 atom stereocenters. The Morgan fingerprint density at radius 2 is 1.80 bits per heavy atom. The molecule has 0 saturated heterocycles. The Bertz CT molecular complexity index is 581. The van der Waals surface area contributed by atoms with Crippen LogP contribution in [0.25, 0.3) is 0 Å². The minimum Gasteiger partial charge on any atom is -0.348 e. The monoisotopic (exact) mass is 290 g/mol. The van der Waals surface area contributed by atoms with Gasteiger partial charge in [0.2, 0.25) is 0 Å². The number of aromatic nitrogens is 2. The Morgan fingerprint density at radius 1 is 1.10 bits per heavy atom. The van der Waals surface area contributed by atoms with Gasteiger partial charge in [0.1, 0.15) is 0 Å². The minimum absolute atomic E-state index is 0.0659. The van der Waals surface area contributed by atoms with Gasteiger partial charge in [0.05, 0.1) is 0 Å². The molecule has 6 heteroatoms. The maximum Gasteiger partial charge on any atom is 0.271 e. The van der Waals surface area contributed by atoms with Crippen molar-refractivity contribution in [1.82, 2.24) is 15.5 Å². The maximum atomic E-state index is 11.7. The lowest BCUT2D eigenvalue weighted by atomic mass is 10.3. The number of benzene rings is 1. The highest BCUT2D eigenvalue weighted by molar-refractivity contribution is 6.30. The molecule has 0 unspecified atom stereocenters.